The van der Waals surface area contributed by atoms with Gasteiger partial charge >= 0.3 is 11.9 Å². The molecule has 8 heteroatoms. The van der Waals surface area contributed by atoms with Gasteiger partial charge in [0.05, 0.1) is 11.1 Å². The first-order valence-electron chi connectivity index (χ1n) is 6.63. The van der Waals surface area contributed by atoms with E-state index in [-0.39, 0.29) is 5.56 Å². The third kappa shape index (κ3) is 2.47. The molecule has 0 radical (unpaired) electrons. The Morgan fingerprint density at radius 1 is 0.917 bits per heavy atom. The van der Waals surface area contributed by atoms with Crippen LogP contribution < -0.4 is 0 Å². The Hall–Kier alpha value is -2.97. The van der Waals surface area contributed by atoms with Crippen molar-refractivity contribution in [3.05, 3.63) is 70.3 Å². The number of carboxylic acid groups (broad SMARTS) is 2. The number of carbonyl (C=O) groups is 2. The van der Waals surface area contributed by atoms with Gasteiger partial charge in [-0.3, -0.25) is 4.55 Å². The lowest BCUT2D eigenvalue weighted by molar-refractivity contribution is 0.0688. The summed E-state index contributed by atoms with van der Waals surface area (Å²) in [6.07, 6.45) is 8.73. The molecule has 0 saturated heterocycles. The maximum Gasteiger partial charge on any atom is 0.337 e. The van der Waals surface area contributed by atoms with Gasteiger partial charge in [0.1, 0.15) is 4.90 Å². The highest BCUT2D eigenvalue weighted by molar-refractivity contribution is 7.86. The number of benzene rings is 1. The summed E-state index contributed by atoms with van der Waals surface area (Å²) >= 11 is 0. The van der Waals surface area contributed by atoms with Crippen LogP contribution in [0.5, 0.6) is 0 Å². The molecule has 2 aliphatic rings. The smallest absolute Gasteiger partial charge is 0.337 e. The summed E-state index contributed by atoms with van der Waals surface area (Å²) in [4.78, 5) is 21.7. The zero-order chi connectivity index (χ0) is 17.6. The van der Waals surface area contributed by atoms with E-state index < -0.39 is 38.1 Å². The second-order valence-corrected chi connectivity index (χ2v) is 6.49. The zero-order valence-corrected chi connectivity index (χ0v) is 12.7. The van der Waals surface area contributed by atoms with Crippen molar-refractivity contribution in [2.45, 2.75) is 4.90 Å². The fraction of sp³-hybridized carbons (Fsp3) is 0. The van der Waals surface area contributed by atoms with Gasteiger partial charge in [0, 0.05) is 0 Å². The van der Waals surface area contributed by atoms with E-state index in [4.69, 9.17) is 5.11 Å². The fourth-order valence-electron chi connectivity index (χ4n) is 2.71. The first-order valence-corrected chi connectivity index (χ1v) is 8.07. The quantitative estimate of drug-likeness (QED) is 0.712. The molecule has 3 rings (SSSR count). The van der Waals surface area contributed by atoms with Crippen molar-refractivity contribution in [2.24, 2.45) is 0 Å². The van der Waals surface area contributed by atoms with Crippen LogP contribution in [-0.2, 0) is 10.1 Å². The van der Waals surface area contributed by atoms with E-state index in [0.29, 0.717) is 5.57 Å². The minimum atomic E-state index is -5.06. The van der Waals surface area contributed by atoms with Crippen molar-refractivity contribution >= 4 is 27.6 Å². The van der Waals surface area contributed by atoms with Crippen LogP contribution in [0.3, 0.4) is 0 Å². The molecule has 7 nitrogen and oxygen atoms in total. The van der Waals surface area contributed by atoms with Crippen LogP contribution in [0.1, 0.15) is 26.3 Å². The molecule has 0 aromatic heterocycles. The van der Waals surface area contributed by atoms with Crippen LogP contribution in [0.4, 0.5) is 0 Å². The summed E-state index contributed by atoms with van der Waals surface area (Å²) in [7, 11) is -5.06. The van der Waals surface area contributed by atoms with Crippen molar-refractivity contribution in [2.75, 3.05) is 0 Å². The summed E-state index contributed by atoms with van der Waals surface area (Å²) in [5.74, 6) is -3.31. The van der Waals surface area contributed by atoms with Gasteiger partial charge in [-0.15, -0.1) is 0 Å². The van der Waals surface area contributed by atoms with Gasteiger partial charge < -0.3 is 10.2 Å². The Labute approximate surface area is 136 Å². The van der Waals surface area contributed by atoms with Gasteiger partial charge in [-0.1, -0.05) is 24.3 Å². The third-order valence-electron chi connectivity index (χ3n) is 3.68. The number of aromatic carboxylic acids is 2. The second kappa shape index (κ2) is 5.29. The Morgan fingerprint density at radius 3 is 2.12 bits per heavy atom. The minimum Gasteiger partial charge on any atom is -0.478 e. The number of hydrogen-bond donors (Lipinski definition) is 3. The molecular weight excluding hydrogens is 336 g/mol. The highest BCUT2D eigenvalue weighted by Crippen LogP contribution is 2.37. The summed E-state index contributed by atoms with van der Waals surface area (Å²) in [5, 5.41) is 18.5. The number of hydrogen-bond acceptors (Lipinski definition) is 4. The van der Waals surface area contributed by atoms with Crippen molar-refractivity contribution in [3.63, 3.8) is 0 Å². The first kappa shape index (κ1) is 15.9. The molecule has 0 aliphatic heterocycles. The minimum absolute atomic E-state index is 0.0105. The second-order valence-electron chi connectivity index (χ2n) is 5.13. The van der Waals surface area contributed by atoms with Gasteiger partial charge in [0.2, 0.25) is 0 Å². The van der Waals surface area contributed by atoms with E-state index in [0.717, 1.165) is 17.2 Å². The highest BCUT2D eigenvalue weighted by Gasteiger charge is 2.31. The summed E-state index contributed by atoms with van der Waals surface area (Å²) in [6.45, 7) is 0. The predicted octanol–water partition coefficient (Wildman–Crippen LogP) is 2.15. The molecule has 0 unspecified atom stereocenters. The lowest BCUT2D eigenvalue weighted by atomic mass is 9.97. The van der Waals surface area contributed by atoms with Crippen LogP contribution in [0.25, 0.3) is 5.57 Å². The Morgan fingerprint density at radius 2 is 1.58 bits per heavy atom. The molecule has 24 heavy (non-hydrogen) atoms. The Bertz CT molecular complexity index is 1020. The highest BCUT2D eigenvalue weighted by atomic mass is 32.2. The van der Waals surface area contributed by atoms with Crippen molar-refractivity contribution in [1.82, 2.24) is 0 Å². The van der Waals surface area contributed by atoms with Crippen LogP contribution in [0.15, 0.2) is 58.6 Å². The van der Waals surface area contributed by atoms with Gasteiger partial charge in [0.15, 0.2) is 0 Å². The first-order chi connectivity index (χ1) is 11.2. The Balaban J connectivity index is 2.34. The van der Waals surface area contributed by atoms with E-state index in [1.54, 1.807) is 24.3 Å². The van der Waals surface area contributed by atoms with E-state index in [2.05, 4.69) is 0 Å². The SMILES string of the molecule is O=C(O)c1ccc(C2=CC3=CC=CC3=C2)c(C(=O)O)c1S(=O)(=O)O. The van der Waals surface area contributed by atoms with Crippen LogP contribution in [-0.4, -0.2) is 35.1 Å². The van der Waals surface area contributed by atoms with Crippen molar-refractivity contribution in [3.8, 4) is 0 Å². The van der Waals surface area contributed by atoms with Crippen molar-refractivity contribution < 1.29 is 32.8 Å². The zero-order valence-electron chi connectivity index (χ0n) is 11.9. The van der Waals surface area contributed by atoms with Crippen LogP contribution in [0, 0.1) is 0 Å². The molecule has 0 saturated carbocycles. The lowest BCUT2D eigenvalue weighted by Gasteiger charge is -2.12. The molecule has 0 fully saturated rings. The molecule has 0 spiro atoms. The summed E-state index contributed by atoms with van der Waals surface area (Å²) in [6, 6.07) is 2.18. The standard InChI is InChI=1S/C16H10O7S/c17-15(18)12-5-4-11(10-6-8-2-1-3-9(8)7-10)13(16(19)20)14(12)24(21,22)23/h1-7H,(H,17,18)(H,19,20)(H,21,22,23). The largest absolute Gasteiger partial charge is 0.478 e. The molecule has 1 aromatic carbocycles. The topological polar surface area (TPSA) is 129 Å². The average Bonchev–Trinajstić information content (AvgIpc) is 3.05. The monoisotopic (exact) mass is 346 g/mol. The van der Waals surface area contributed by atoms with E-state index in [9.17, 15) is 27.7 Å². The number of allylic oxidation sites excluding steroid dienone is 8. The number of rotatable bonds is 4. The van der Waals surface area contributed by atoms with Crippen LogP contribution >= 0.6 is 0 Å². The van der Waals surface area contributed by atoms with Crippen LogP contribution in [0.2, 0.25) is 0 Å². The normalized spacial score (nSPS) is 15.6. The maximum absolute atomic E-state index is 11.6. The van der Waals surface area contributed by atoms with E-state index in [1.165, 1.54) is 6.07 Å². The van der Waals surface area contributed by atoms with E-state index in [1.807, 2.05) is 6.08 Å². The van der Waals surface area contributed by atoms with Gasteiger partial charge in [-0.2, -0.15) is 8.42 Å². The average molecular weight is 346 g/mol. The summed E-state index contributed by atoms with van der Waals surface area (Å²) < 4.78 is 32.6. The van der Waals surface area contributed by atoms with Gasteiger partial charge in [-0.05, 0) is 40.5 Å². The Kier molecular flexibility index (Phi) is 3.51. The van der Waals surface area contributed by atoms with Gasteiger partial charge in [-0.25, -0.2) is 9.59 Å². The van der Waals surface area contributed by atoms with Gasteiger partial charge in [0.25, 0.3) is 10.1 Å². The number of fused-ring (bicyclic) bond motifs is 1. The number of carboxylic acids is 2. The van der Waals surface area contributed by atoms with E-state index >= 15 is 0 Å². The summed E-state index contributed by atoms with van der Waals surface area (Å²) in [5.41, 5.74) is 0.513. The predicted molar refractivity (Wildman–Crippen MR) is 83.5 cm³/mol. The molecule has 0 bridgehead atoms. The molecule has 2 aliphatic carbocycles. The molecule has 0 heterocycles. The van der Waals surface area contributed by atoms with Crippen molar-refractivity contribution in [1.29, 1.82) is 0 Å². The molecule has 0 atom stereocenters. The maximum atomic E-state index is 11.6. The molecule has 122 valence electrons. The fourth-order valence-corrected chi connectivity index (χ4v) is 3.60. The molecule has 0 amide bonds. The molecular formula is C16H10O7S. The molecule has 3 N–H and O–H groups in total. The third-order valence-corrected chi connectivity index (χ3v) is 4.62. The molecule has 1 aromatic rings. The lowest BCUT2D eigenvalue weighted by Crippen LogP contribution is -2.16.